The summed E-state index contributed by atoms with van der Waals surface area (Å²) in [5, 5.41) is 8.89. The normalized spacial score (nSPS) is 34.8. The molecule has 0 saturated heterocycles. The second-order valence-electron chi connectivity index (χ2n) is 8.50. The van der Waals surface area contributed by atoms with Crippen LogP contribution >= 0.6 is 0 Å². The van der Waals surface area contributed by atoms with Gasteiger partial charge in [0.1, 0.15) is 0 Å². The summed E-state index contributed by atoms with van der Waals surface area (Å²) in [5.74, 6) is 0.533. The Kier molecular flexibility index (Phi) is 4.89. The fourth-order valence-electron chi connectivity index (χ4n) is 5.35. The van der Waals surface area contributed by atoms with Gasteiger partial charge in [-0.25, -0.2) is 4.79 Å². The van der Waals surface area contributed by atoms with Crippen molar-refractivity contribution in [1.29, 1.82) is 0 Å². The monoisotopic (exact) mass is 304 g/mol. The van der Waals surface area contributed by atoms with Crippen molar-refractivity contribution in [2.75, 3.05) is 0 Å². The lowest BCUT2D eigenvalue weighted by atomic mass is 9.48. The molecule has 2 nitrogen and oxygen atoms in total. The summed E-state index contributed by atoms with van der Waals surface area (Å²) in [4.78, 5) is 10.8. The average molecular weight is 304 g/mol. The molecule has 2 rings (SSSR count). The SMILES string of the molecule is CC1=CC[C@@H]2C(C)(C)CCC[C@@]2(C)[C@@H]1CC/C(C)=C/C(=O)O. The number of carboxylic acids is 1. The van der Waals surface area contributed by atoms with Gasteiger partial charge in [-0.2, -0.15) is 0 Å². The summed E-state index contributed by atoms with van der Waals surface area (Å²) < 4.78 is 0. The molecule has 3 atom stereocenters. The van der Waals surface area contributed by atoms with Crippen LogP contribution in [0.3, 0.4) is 0 Å². The number of hydrogen-bond acceptors (Lipinski definition) is 1. The van der Waals surface area contributed by atoms with Crippen LogP contribution in [-0.4, -0.2) is 11.1 Å². The van der Waals surface area contributed by atoms with Gasteiger partial charge in [0.05, 0.1) is 0 Å². The fourth-order valence-corrected chi connectivity index (χ4v) is 5.35. The van der Waals surface area contributed by atoms with Gasteiger partial charge in [0.15, 0.2) is 0 Å². The highest BCUT2D eigenvalue weighted by Crippen LogP contribution is 2.60. The first-order chi connectivity index (χ1) is 10.2. The van der Waals surface area contributed by atoms with Gasteiger partial charge in [-0.05, 0) is 68.6 Å². The van der Waals surface area contributed by atoms with Crippen molar-refractivity contribution >= 4 is 5.97 Å². The van der Waals surface area contributed by atoms with Gasteiger partial charge in [-0.3, -0.25) is 0 Å². The Balaban J connectivity index is 2.20. The largest absolute Gasteiger partial charge is 0.478 e. The Morgan fingerprint density at radius 3 is 2.68 bits per heavy atom. The average Bonchev–Trinajstić information content (AvgIpc) is 2.35. The highest BCUT2D eigenvalue weighted by atomic mass is 16.4. The molecule has 0 unspecified atom stereocenters. The van der Waals surface area contributed by atoms with E-state index in [-0.39, 0.29) is 0 Å². The molecule has 0 amide bonds. The van der Waals surface area contributed by atoms with Crippen molar-refractivity contribution in [3.05, 3.63) is 23.3 Å². The van der Waals surface area contributed by atoms with Gasteiger partial charge >= 0.3 is 5.97 Å². The molecule has 0 radical (unpaired) electrons. The number of aliphatic carboxylic acids is 1. The molecule has 1 N–H and O–H groups in total. The lowest BCUT2D eigenvalue weighted by Gasteiger charge is -2.57. The molecule has 0 aromatic rings. The Morgan fingerprint density at radius 2 is 2.05 bits per heavy atom. The highest BCUT2D eigenvalue weighted by Gasteiger charge is 2.51. The Hall–Kier alpha value is -1.05. The van der Waals surface area contributed by atoms with Gasteiger partial charge < -0.3 is 5.11 Å². The van der Waals surface area contributed by atoms with Crippen LogP contribution in [0.4, 0.5) is 0 Å². The van der Waals surface area contributed by atoms with E-state index in [9.17, 15) is 4.79 Å². The summed E-state index contributed by atoms with van der Waals surface area (Å²) in [6.07, 6.45) is 11.0. The van der Waals surface area contributed by atoms with E-state index in [4.69, 9.17) is 5.11 Å². The van der Waals surface area contributed by atoms with Crippen LogP contribution < -0.4 is 0 Å². The molecule has 22 heavy (non-hydrogen) atoms. The molecule has 2 aliphatic carbocycles. The van der Waals surface area contributed by atoms with Gasteiger partial charge in [-0.15, -0.1) is 0 Å². The highest BCUT2D eigenvalue weighted by molar-refractivity contribution is 5.80. The summed E-state index contributed by atoms with van der Waals surface area (Å²) in [6, 6.07) is 0. The molecule has 0 aliphatic heterocycles. The van der Waals surface area contributed by atoms with Crippen molar-refractivity contribution in [2.24, 2.45) is 22.7 Å². The minimum absolute atomic E-state index is 0.379. The predicted octanol–water partition coefficient (Wildman–Crippen LogP) is 5.60. The molecule has 2 heteroatoms. The third-order valence-electron chi connectivity index (χ3n) is 6.49. The van der Waals surface area contributed by atoms with Crippen molar-refractivity contribution in [3.63, 3.8) is 0 Å². The fraction of sp³-hybridized carbons (Fsp3) is 0.750. The molecular formula is C20H32O2. The standard InChI is InChI=1S/C20H32O2/c1-14(13-18(21)22)7-9-16-15(2)8-10-17-19(3,4)11-6-12-20(16,17)5/h8,13,16-17H,6-7,9-12H2,1-5H3,(H,21,22)/b14-13+/t16-,17-,20+/m1/s1. The van der Waals surface area contributed by atoms with Crippen LogP contribution in [0.2, 0.25) is 0 Å². The maximum absolute atomic E-state index is 10.8. The van der Waals surface area contributed by atoms with Crippen molar-refractivity contribution < 1.29 is 9.90 Å². The number of carboxylic acid groups (broad SMARTS) is 1. The van der Waals surface area contributed by atoms with Crippen LogP contribution in [-0.2, 0) is 4.79 Å². The molecule has 0 heterocycles. The van der Waals surface area contributed by atoms with E-state index >= 15 is 0 Å². The van der Waals surface area contributed by atoms with E-state index in [0.29, 0.717) is 16.7 Å². The summed E-state index contributed by atoms with van der Waals surface area (Å²) in [7, 11) is 0. The number of rotatable bonds is 4. The maximum Gasteiger partial charge on any atom is 0.328 e. The minimum atomic E-state index is -0.823. The third kappa shape index (κ3) is 3.31. The van der Waals surface area contributed by atoms with Crippen LogP contribution in [0, 0.1) is 22.7 Å². The third-order valence-corrected chi connectivity index (χ3v) is 6.49. The molecule has 1 fully saturated rings. The number of hydrogen-bond donors (Lipinski definition) is 1. The zero-order valence-corrected chi connectivity index (χ0v) is 14.9. The van der Waals surface area contributed by atoms with Gasteiger partial charge in [0.2, 0.25) is 0 Å². The van der Waals surface area contributed by atoms with E-state index in [1.807, 2.05) is 6.92 Å². The molecule has 1 saturated carbocycles. The molecule has 124 valence electrons. The van der Waals surface area contributed by atoms with Crippen LogP contribution in [0.15, 0.2) is 23.3 Å². The van der Waals surface area contributed by atoms with Crippen LogP contribution in [0.25, 0.3) is 0 Å². The van der Waals surface area contributed by atoms with E-state index in [2.05, 4.69) is 33.8 Å². The second kappa shape index (κ2) is 6.22. The van der Waals surface area contributed by atoms with Crippen LogP contribution in [0.5, 0.6) is 0 Å². The number of allylic oxidation sites excluding steroid dienone is 3. The summed E-state index contributed by atoms with van der Waals surface area (Å²) >= 11 is 0. The number of fused-ring (bicyclic) bond motifs is 1. The van der Waals surface area contributed by atoms with E-state index < -0.39 is 5.97 Å². The second-order valence-corrected chi connectivity index (χ2v) is 8.50. The molecule has 0 bridgehead atoms. The van der Waals surface area contributed by atoms with Gasteiger partial charge in [0, 0.05) is 6.08 Å². The molecule has 0 aromatic carbocycles. The molecule has 0 spiro atoms. The molecule has 2 aliphatic rings. The van der Waals surface area contributed by atoms with Gasteiger partial charge in [-0.1, -0.05) is 44.4 Å². The Labute approximate surface area is 135 Å². The smallest absolute Gasteiger partial charge is 0.328 e. The maximum atomic E-state index is 10.8. The number of carbonyl (C=O) groups is 1. The van der Waals surface area contributed by atoms with Crippen molar-refractivity contribution in [3.8, 4) is 0 Å². The quantitative estimate of drug-likeness (QED) is 0.542. The summed E-state index contributed by atoms with van der Waals surface area (Å²) in [6.45, 7) is 11.6. The Bertz CT molecular complexity index is 498. The zero-order valence-electron chi connectivity index (χ0n) is 14.9. The lowest BCUT2D eigenvalue weighted by Crippen LogP contribution is -2.48. The van der Waals surface area contributed by atoms with Crippen molar-refractivity contribution in [2.45, 2.75) is 73.1 Å². The van der Waals surface area contributed by atoms with E-state index in [1.165, 1.54) is 37.3 Å². The summed E-state index contributed by atoms with van der Waals surface area (Å²) in [5.41, 5.74) is 3.32. The lowest BCUT2D eigenvalue weighted by molar-refractivity contribution is -0.131. The Morgan fingerprint density at radius 1 is 1.36 bits per heavy atom. The zero-order chi connectivity index (χ0) is 16.5. The van der Waals surface area contributed by atoms with E-state index in [0.717, 1.165) is 24.3 Å². The molecule has 0 aromatic heterocycles. The minimum Gasteiger partial charge on any atom is -0.478 e. The van der Waals surface area contributed by atoms with Crippen molar-refractivity contribution in [1.82, 2.24) is 0 Å². The molecular weight excluding hydrogens is 272 g/mol. The topological polar surface area (TPSA) is 37.3 Å². The van der Waals surface area contributed by atoms with E-state index in [1.54, 1.807) is 0 Å². The first-order valence-corrected chi connectivity index (χ1v) is 8.73. The van der Waals surface area contributed by atoms with Gasteiger partial charge in [0.25, 0.3) is 0 Å². The predicted molar refractivity (Wildman–Crippen MR) is 91.7 cm³/mol. The van der Waals surface area contributed by atoms with Crippen LogP contribution in [0.1, 0.15) is 73.1 Å². The first kappa shape index (κ1) is 17.3. The first-order valence-electron chi connectivity index (χ1n) is 8.73.